The van der Waals surface area contributed by atoms with E-state index < -0.39 is 20.0 Å². The monoisotopic (exact) mass is 1230 g/mol. The molecule has 506 valence electrons. The molecule has 0 aliphatic carbocycles. The molecule has 3 atom stereocenters. The Kier molecular flexibility index (Phi) is 66.2. The molecule has 0 aromatic heterocycles. The van der Waals surface area contributed by atoms with Crippen LogP contribution in [0.3, 0.4) is 0 Å². The van der Waals surface area contributed by atoms with Crippen LogP contribution in [-0.4, -0.2) is 73.4 Å². The number of unbranched alkanes of at least 4 members (excludes halogenated alkanes) is 49. The lowest BCUT2D eigenvalue weighted by Crippen LogP contribution is -2.45. The first-order chi connectivity index (χ1) is 42.0. The number of quaternary nitrogens is 1. The van der Waals surface area contributed by atoms with Gasteiger partial charge in [-0.05, 0) is 57.8 Å². The fourth-order valence-corrected chi connectivity index (χ4v) is 12.2. The van der Waals surface area contributed by atoms with E-state index in [1.54, 1.807) is 6.08 Å². The third-order valence-corrected chi connectivity index (χ3v) is 18.2. The van der Waals surface area contributed by atoms with Crippen LogP contribution in [0.2, 0.25) is 0 Å². The molecular weight excluding hydrogens is 1080 g/mol. The van der Waals surface area contributed by atoms with E-state index in [9.17, 15) is 19.4 Å². The van der Waals surface area contributed by atoms with Crippen molar-refractivity contribution in [3.05, 3.63) is 60.8 Å². The summed E-state index contributed by atoms with van der Waals surface area (Å²) in [7, 11) is 1.59. The lowest BCUT2D eigenvalue weighted by molar-refractivity contribution is -0.870. The maximum absolute atomic E-state index is 13.1. The number of phosphoric ester groups is 1. The molecule has 0 rings (SSSR count). The Bertz CT molecular complexity index is 1590. The van der Waals surface area contributed by atoms with Gasteiger partial charge < -0.3 is 19.8 Å². The molecule has 0 fully saturated rings. The average molecular weight is 1230 g/mol. The molecule has 0 bridgehead atoms. The Morgan fingerprint density at radius 3 is 1.02 bits per heavy atom. The van der Waals surface area contributed by atoms with Gasteiger partial charge >= 0.3 is 7.82 Å². The summed E-state index contributed by atoms with van der Waals surface area (Å²) in [6.07, 6.45) is 94.0. The molecule has 0 heterocycles. The molecule has 3 N–H and O–H groups in total. The van der Waals surface area contributed by atoms with Crippen LogP contribution in [0.25, 0.3) is 0 Å². The van der Waals surface area contributed by atoms with E-state index in [1.165, 1.54) is 295 Å². The smallest absolute Gasteiger partial charge is 0.387 e. The standard InChI is InChI=1S/C77H147N2O6P/c1-6-8-10-12-14-16-18-20-22-24-26-28-30-32-33-34-35-36-37-38-39-40-41-42-43-44-45-47-49-51-53-55-57-59-61-63-65-67-69-71-77(81)78-75(74-85-86(82,83)84-73-72-79(3,4)5)76(80)70-68-66-64-62-60-58-56-54-52-50-48-46-31-29-27-25-23-21-19-17-15-13-11-9-7-2/h8,10,14,16,20,22,26,28,68,70,75-76,80H,6-7,9,11-13,15,17-19,21,23-25,27,29-67,69,71-74H2,1-5H3,(H-,78,81,82,83)/p+1/b10-8-,16-14-,22-20-,28-26-,70-68+. The van der Waals surface area contributed by atoms with Gasteiger partial charge in [0.15, 0.2) is 0 Å². The molecule has 0 spiro atoms. The second-order valence-electron chi connectivity index (χ2n) is 27.0. The minimum atomic E-state index is -4.35. The highest BCUT2D eigenvalue weighted by atomic mass is 31.2. The molecule has 0 radical (unpaired) electrons. The summed E-state index contributed by atoms with van der Waals surface area (Å²) in [5.74, 6) is -0.169. The molecule has 0 aromatic rings. The van der Waals surface area contributed by atoms with Gasteiger partial charge in [0.25, 0.3) is 0 Å². The number of phosphoric acid groups is 1. The number of hydrogen-bond donors (Lipinski definition) is 3. The number of nitrogens with zero attached hydrogens (tertiary/aromatic N) is 1. The maximum Gasteiger partial charge on any atom is 0.472 e. The summed E-state index contributed by atoms with van der Waals surface area (Å²) in [5.41, 5.74) is 0. The maximum atomic E-state index is 13.1. The number of carbonyl (C=O) groups is 1. The van der Waals surface area contributed by atoms with Crippen LogP contribution in [0, 0.1) is 0 Å². The number of likely N-dealkylation sites (N-methyl/N-ethyl adjacent to an activating group) is 1. The van der Waals surface area contributed by atoms with E-state index in [2.05, 4.69) is 67.8 Å². The van der Waals surface area contributed by atoms with Gasteiger partial charge in [-0.3, -0.25) is 13.8 Å². The molecule has 0 aliphatic rings. The van der Waals surface area contributed by atoms with Crippen molar-refractivity contribution in [1.82, 2.24) is 5.32 Å². The van der Waals surface area contributed by atoms with Crippen LogP contribution in [0.5, 0.6) is 0 Å². The normalized spacial score (nSPS) is 13.9. The molecular formula is C77H148N2O6P+. The number of aliphatic hydroxyl groups is 1. The fourth-order valence-electron chi connectivity index (χ4n) is 11.5. The van der Waals surface area contributed by atoms with Crippen LogP contribution < -0.4 is 5.32 Å². The van der Waals surface area contributed by atoms with Gasteiger partial charge in [0.2, 0.25) is 5.91 Å². The van der Waals surface area contributed by atoms with Gasteiger partial charge in [-0.2, -0.15) is 0 Å². The minimum Gasteiger partial charge on any atom is -0.387 e. The van der Waals surface area contributed by atoms with E-state index in [0.29, 0.717) is 17.4 Å². The second kappa shape index (κ2) is 67.6. The minimum absolute atomic E-state index is 0.0633. The number of aliphatic hydroxyl groups excluding tert-OH is 1. The van der Waals surface area contributed by atoms with Gasteiger partial charge in [-0.1, -0.05) is 370 Å². The average Bonchev–Trinajstić information content (AvgIpc) is 3.70. The van der Waals surface area contributed by atoms with Crippen molar-refractivity contribution in [2.24, 2.45) is 0 Å². The van der Waals surface area contributed by atoms with Gasteiger partial charge in [0, 0.05) is 6.42 Å². The van der Waals surface area contributed by atoms with Crippen molar-refractivity contribution < 1.29 is 32.9 Å². The van der Waals surface area contributed by atoms with Crippen LogP contribution in [0.1, 0.15) is 373 Å². The van der Waals surface area contributed by atoms with Gasteiger partial charge in [0.05, 0.1) is 39.9 Å². The lowest BCUT2D eigenvalue weighted by Gasteiger charge is -2.25. The van der Waals surface area contributed by atoms with E-state index in [-0.39, 0.29) is 19.1 Å². The molecule has 0 saturated heterocycles. The third kappa shape index (κ3) is 69.7. The number of nitrogens with one attached hydrogen (secondary N) is 1. The quantitative estimate of drug-likeness (QED) is 0.0243. The number of carbonyl (C=O) groups excluding carboxylic acids is 1. The van der Waals surface area contributed by atoms with Gasteiger partial charge in [0.1, 0.15) is 13.2 Å². The highest BCUT2D eigenvalue weighted by Gasteiger charge is 2.28. The SMILES string of the molecule is CC/C=C\C/C=C\C/C=C\C/C=C\CCCCCCCCCCCCCCCCCCCCCCCCCCCCC(=O)NC(COP(=O)(O)OCC[N+](C)(C)C)C(O)/C=C/CCCCCCCCCCCCCCCCCCCCCCCCC. The third-order valence-electron chi connectivity index (χ3n) is 17.2. The highest BCUT2D eigenvalue weighted by Crippen LogP contribution is 2.43. The Balaban J connectivity index is 3.94. The number of hydrogen-bond acceptors (Lipinski definition) is 5. The van der Waals surface area contributed by atoms with Crippen molar-refractivity contribution in [1.29, 1.82) is 0 Å². The fraction of sp³-hybridized carbons (Fsp3) is 0.857. The first-order valence-electron chi connectivity index (χ1n) is 37.7. The summed E-state index contributed by atoms with van der Waals surface area (Å²) in [6, 6.07) is -0.847. The molecule has 0 saturated carbocycles. The molecule has 3 unspecified atom stereocenters. The Morgan fingerprint density at radius 2 is 0.698 bits per heavy atom. The Morgan fingerprint density at radius 1 is 0.407 bits per heavy atom. The van der Waals surface area contributed by atoms with Crippen LogP contribution in [-0.2, 0) is 18.4 Å². The van der Waals surface area contributed by atoms with E-state index >= 15 is 0 Å². The zero-order chi connectivity index (χ0) is 62.6. The predicted octanol–water partition coefficient (Wildman–Crippen LogP) is 24.3. The first kappa shape index (κ1) is 84.2. The summed E-state index contributed by atoms with van der Waals surface area (Å²) < 4.78 is 23.9. The second-order valence-corrected chi connectivity index (χ2v) is 28.5. The molecule has 8 nitrogen and oxygen atoms in total. The van der Waals surface area contributed by atoms with Crippen molar-refractivity contribution in [3.63, 3.8) is 0 Å². The lowest BCUT2D eigenvalue weighted by atomic mass is 10.0. The molecule has 1 amide bonds. The zero-order valence-electron chi connectivity index (χ0n) is 58.1. The van der Waals surface area contributed by atoms with Crippen LogP contribution >= 0.6 is 7.82 Å². The summed E-state index contributed by atoms with van der Waals surface area (Å²) in [4.78, 5) is 23.5. The summed E-state index contributed by atoms with van der Waals surface area (Å²) in [6.45, 7) is 4.76. The number of amides is 1. The van der Waals surface area contributed by atoms with Gasteiger partial charge in [-0.25, -0.2) is 4.57 Å². The van der Waals surface area contributed by atoms with Crippen molar-refractivity contribution in [2.45, 2.75) is 386 Å². The summed E-state index contributed by atoms with van der Waals surface area (Å²) in [5, 5.41) is 14.0. The van der Waals surface area contributed by atoms with Crippen LogP contribution in [0.15, 0.2) is 60.8 Å². The molecule has 86 heavy (non-hydrogen) atoms. The predicted molar refractivity (Wildman–Crippen MR) is 378 cm³/mol. The summed E-state index contributed by atoms with van der Waals surface area (Å²) >= 11 is 0. The molecule has 9 heteroatoms. The largest absolute Gasteiger partial charge is 0.472 e. The van der Waals surface area contributed by atoms with Crippen molar-refractivity contribution in [3.8, 4) is 0 Å². The molecule has 0 aliphatic heterocycles. The number of rotatable bonds is 70. The van der Waals surface area contributed by atoms with E-state index in [1.807, 2.05) is 27.2 Å². The van der Waals surface area contributed by atoms with E-state index in [0.717, 1.165) is 57.8 Å². The van der Waals surface area contributed by atoms with Crippen molar-refractivity contribution >= 4 is 13.7 Å². The highest BCUT2D eigenvalue weighted by molar-refractivity contribution is 7.47. The Labute approximate surface area is 536 Å². The topological polar surface area (TPSA) is 105 Å². The van der Waals surface area contributed by atoms with Crippen LogP contribution in [0.4, 0.5) is 0 Å². The zero-order valence-corrected chi connectivity index (χ0v) is 59.0. The first-order valence-corrected chi connectivity index (χ1v) is 39.2. The van der Waals surface area contributed by atoms with E-state index in [4.69, 9.17) is 9.05 Å². The number of allylic oxidation sites excluding steroid dienone is 9. The van der Waals surface area contributed by atoms with Crippen molar-refractivity contribution in [2.75, 3.05) is 40.9 Å². The molecule has 0 aromatic carbocycles. The Hall–Kier alpha value is -1.80. The van der Waals surface area contributed by atoms with Gasteiger partial charge in [-0.15, -0.1) is 0 Å².